The minimum absolute atomic E-state index is 0.520. The monoisotopic (exact) mass is 207 g/mol. The number of aromatic amines is 1. The average molecular weight is 207 g/mol. The molecule has 3 heteroatoms. The SMILES string of the molecule is Cc1c(C(C)C)n[nH]c1C1CCCNC1. The molecule has 0 aliphatic carbocycles. The zero-order chi connectivity index (χ0) is 10.8. The minimum atomic E-state index is 0.520. The second-order valence-corrected chi connectivity index (χ2v) is 4.85. The number of rotatable bonds is 2. The fourth-order valence-corrected chi connectivity index (χ4v) is 2.48. The van der Waals surface area contributed by atoms with Crippen molar-refractivity contribution in [1.29, 1.82) is 0 Å². The summed E-state index contributed by atoms with van der Waals surface area (Å²) in [5, 5.41) is 11.1. The average Bonchev–Trinajstić information content (AvgIpc) is 2.61. The van der Waals surface area contributed by atoms with E-state index in [0.717, 1.165) is 6.54 Å². The van der Waals surface area contributed by atoms with Crippen LogP contribution in [-0.2, 0) is 0 Å². The van der Waals surface area contributed by atoms with Crippen molar-refractivity contribution in [3.63, 3.8) is 0 Å². The predicted octanol–water partition coefficient (Wildman–Crippen LogP) is 2.31. The van der Waals surface area contributed by atoms with Crippen molar-refractivity contribution in [3.8, 4) is 0 Å². The Labute approximate surface area is 91.7 Å². The largest absolute Gasteiger partial charge is 0.316 e. The van der Waals surface area contributed by atoms with Crippen LogP contribution < -0.4 is 5.32 Å². The molecule has 1 atom stereocenters. The van der Waals surface area contributed by atoms with Crippen LogP contribution >= 0.6 is 0 Å². The topological polar surface area (TPSA) is 40.7 Å². The number of piperidine rings is 1. The molecule has 1 aromatic heterocycles. The first kappa shape index (κ1) is 10.7. The number of hydrogen-bond donors (Lipinski definition) is 2. The summed E-state index contributed by atoms with van der Waals surface area (Å²) in [5.41, 5.74) is 3.96. The van der Waals surface area contributed by atoms with Crippen molar-refractivity contribution in [1.82, 2.24) is 15.5 Å². The number of aromatic nitrogens is 2. The van der Waals surface area contributed by atoms with Gasteiger partial charge in [-0.15, -0.1) is 0 Å². The third kappa shape index (κ3) is 2.07. The van der Waals surface area contributed by atoms with Crippen LogP contribution in [0.15, 0.2) is 0 Å². The van der Waals surface area contributed by atoms with Crippen LogP contribution in [0.3, 0.4) is 0 Å². The van der Waals surface area contributed by atoms with Crippen molar-refractivity contribution >= 4 is 0 Å². The third-order valence-electron chi connectivity index (χ3n) is 3.34. The molecule has 2 N–H and O–H groups in total. The van der Waals surface area contributed by atoms with Crippen molar-refractivity contribution in [2.24, 2.45) is 0 Å². The Morgan fingerprint density at radius 3 is 2.73 bits per heavy atom. The van der Waals surface area contributed by atoms with E-state index in [2.05, 4.69) is 36.3 Å². The Kier molecular flexibility index (Phi) is 3.10. The van der Waals surface area contributed by atoms with Gasteiger partial charge in [-0.05, 0) is 37.8 Å². The van der Waals surface area contributed by atoms with Crippen molar-refractivity contribution in [2.45, 2.75) is 45.4 Å². The lowest BCUT2D eigenvalue weighted by Gasteiger charge is -2.22. The summed E-state index contributed by atoms with van der Waals surface area (Å²) in [7, 11) is 0. The summed E-state index contributed by atoms with van der Waals surface area (Å²) in [6.45, 7) is 8.86. The molecule has 1 saturated heterocycles. The molecular formula is C12H21N3. The molecule has 1 aliphatic heterocycles. The molecule has 1 aromatic rings. The summed E-state index contributed by atoms with van der Waals surface area (Å²) in [6.07, 6.45) is 2.56. The zero-order valence-electron chi connectivity index (χ0n) is 9.93. The molecule has 0 aromatic carbocycles. The zero-order valence-corrected chi connectivity index (χ0v) is 9.93. The third-order valence-corrected chi connectivity index (χ3v) is 3.34. The summed E-state index contributed by atoms with van der Waals surface area (Å²) in [5.74, 6) is 1.16. The van der Waals surface area contributed by atoms with Gasteiger partial charge in [-0.25, -0.2) is 0 Å². The Hall–Kier alpha value is -0.830. The normalized spacial score (nSPS) is 22.3. The molecule has 0 bridgehead atoms. The molecule has 15 heavy (non-hydrogen) atoms. The summed E-state index contributed by atoms with van der Waals surface area (Å²) in [6, 6.07) is 0. The molecule has 3 nitrogen and oxygen atoms in total. The van der Waals surface area contributed by atoms with Gasteiger partial charge in [0.15, 0.2) is 0 Å². The van der Waals surface area contributed by atoms with Crippen LogP contribution in [-0.4, -0.2) is 23.3 Å². The van der Waals surface area contributed by atoms with Crippen LogP contribution in [0.1, 0.15) is 55.5 Å². The smallest absolute Gasteiger partial charge is 0.0679 e. The molecule has 0 amide bonds. The lowest BCUT2D eigenvalue weighted by Crippen LogP contribution is -2.28. The number of H-pyrrole nitrogens is 1. The van der Waals surface area contributed by atoms with E-state index >= 15 is 0 Å². The van der Waals surface area contributed by atoms with Crippen molar-refractivity contribution in [2.75, 3.05) is 13.1 Å². The highest BCUT2D eigenvalue weighted by Gasteiger charge is 2.21. The summed E-state index contributed by atoms with van der Waals surface area (Å²) < 4.78 is 0. The van der Waals surface area contributed by atoms with Crippen LogP contribution in [0.25, 0.3) is 0 Å². The standard InChI is InChI=1S/C12H21N3/c1-8(2)11-9(3)12(15-14-11)10-5-4-6-13-7-10/h8,10,13H,4-7H2,1-3H3,(H,14,15). The Balaban J connectivity index is 2.20. The van der Waals surface area contributed by atoms with Gasteiger partial charge in [0.2, 0.25) is 0 Å². The molecule has 84 valence electrons. The highest BCUT2D eigenvalue weighted by Crippen LogP contribution is 2.28. The number of hydrogen-bond acceptors (Lipinski definition) is 2. The first-order valence-corrected chi connectivity index (χ1v) is 5.95. The fraction of sp³-hybridized carbons (Fsp3) is 0.750. The van der Waals surface area contributed by atoms with Crippen LogP contribution in [0.2, 0.25) is 0 Å². The summed E-state index contributed by atoms with van der Waals surface area (Å²) in [4.78, 5) is 0. The van der Waals surface area contributed by atoms with E-state index in [-0.39, 0.29) is 0 Å². The van der Waals surface area contributed by atoms with Gasteiger partial charge in [0.1, 0.15) is 0 Å². The Morgan fingerprint density at radius 2 is 2.20 bits per heavy atom. The highest BCUT2D eigenvalue weighted by molar-refractivity contribution is 5.29. The van der Waals surface area contributed by atoms with Gasteiger partial charge in [0.25, 0.3) is 0 Å². The van der Waals surface area contributed by atoms with Crippen LogP contribution in [0, 0.1) is 6.92 Å². The second-order valence-electron chi connectivity index (χ2n) is 4.85. The molecule has 2 heterocycles. The van der Waals surface area contributed by atoms with Crippen LogP contribution in [0.4, 0.5) is 0 Å². The van der Waals surface area contributed by atoms with E-state index in [1.54, 1.807) is 0 Å². The van der Waals surface area contributed by atoms with E-state index in [9.17, 15) is 0 Å². The van der Waals surface area contributed by atoms with E-state index in [4.69, 9.17) is 0 Å². The van der Waals surface area contributed by atoms with Crippen molar-refractivity contribution < 1.29 is 0 Å². The molecule has 0 saturated carbocycles. The maximum absolute atomic E-state index is 4.44. The lowest BCUT2D eigenvalue weighted by atomic mass is 9.92. The molecule has 1 aliphatic rings. The first-order chi connectivity index (χ1) is 7.20. The second kappa shape index (κ2) is 4.35. The van der Waals surface area contributed by atoms with E-state index in [0.29, 0.717) is 11.8 Å². The van der Waals surface area contributed by atoms with E-state index in [1.165, 1.54) is 36.3 Å². The molecular weight excluding hydrogens is 186 g/mol. The van der Waals surface area contributed by atoms with Gasteiger partial charge in [-0.1, -0.05) is 13.8 Å². The number of nitrogens with one attached hydrogen (secondary N) is 2. The molecule has 1 fully saturated rings. The lowest BCUT2D eigenvalue weighted by molar-refractivity contribution is 0.453. The molecule has 0 radical (unpaired) electrons. The van der Waals surface area contributed by atoms with E-state index in [1.807, 2.05) is 0 Å². The molecule has 0 spiro atoms. The van der Waals surface area contributed by atoms with Gasteiger partial charge < -0.3 is 5.32 Å². The van der Waals surface area contributed by atoms with E-state index < -0.39 is 0 Å². The fourth-order valence-electron chi connectivity index (χ4n) is 2.48. The van der Waals surface area contributed by atoms with Gasteiger partial charge in [-0.2, -0.15) is 5.10 Å². The van der Waals surface area contributed by atoms with Crippen molar-refractivity contribution in [3.05, 3.63) is 17.0 Å². The maximum Gasteiger partial charge on any atom is 0.0679 e. The highest BCUT2D eigenvalue weighted by atomic mass is 15.1. The van der Waals surface area contributed by atoms with Gasteiger partial charge in [-0.3, -0.25) is 5.10 Å². The first-order valence-electron chi connectivity index (χ1n) is 5.95. The maximum atomic E-state index is 4.44. The van der Waals surface area contributed by atoms with Crippen LogP contribution in [0.5, 0.6) is 0 Å². The van der Waals surface area contributed by atoms with Gasteiger partial charge in [0.05, 0.1) is 5.69 Å². The Morgan fingerprint density at radius 1 is 1.40 bits per heavy atom. The number of nitrogens with zero attached hydrogens (tertiary/aromatic N) is 1. The Bertz CT molecular complexity index is 322. The van der Waals surface area contributed by atoms with Gasteiger partial charge >= 0.3 is 0 Å². The quantitative estimate of drug-likeness (QED) is 0.781. The molecule has 2 rings (SSSR count). The predicted molar refractivity (Wildman–Crippen MR) is 62.3 cm³/mol. The summed E-state index contributed by atoms with van der Waals surface area (Å²) >= 11 is 0. The minimum Gasteiger partial charge on any atom is -0.316 e. The molecule has 1 unspecified atom stereocenters. The van der Waals surface area contributed by atoms with Gasteiger partial charge in [0, 0.05) is 18.2 Å².